The van der Waals surface area contributed by atoms with Gasteiger partial charge in [0.25, 0.3) is 5.91 Å². The van der Waals surface area contributed by atoms with Crippen LogP contribution in [0.15, 0.2) is 42.5 Å². The number of carbonyl (C=O) groups is 2. The molecule has 2 unspecified atom stereocenters. The fourth-order valence-corrected chi connectivity index (χ4v) is 4.76. The summed E-state index contributed by atoms with van der Waals surface area (Å²) < 4.78 is 17.2. The maximum absolute atomic E-state index is 12.6. The number of carbonyl (C=O) groups excluding carboxylic acids is 2. The van der Waals surface area contributed by atoms with E-state index >= 15 is 0 Å². The van der Waals surface area contributed by atoms with Gasteiger partial charge in [0.1, 0.15) is 5.75 Å². The predicted molar refractivity (Wildman–Crippen MR) is 125 cm³/mol. The standard InChI is InChI=1S/C26H32N2O5/c1-31-23-10-9-18(14-24(23)33-21-6-2-3-7-21)20-13-19(26(30)28-15-20)11-17-5-4-8-22(12-17)32-16-25(27)29/h4-5,8-10,12,14,19-21H,2-3,6-7,11,13,15-16H2,1H3,(H2,27,29)(H,28,30). The minimum Gasteiger partial charge on any atom is -0.493 e. The molecule has 3 N–H and O–H groups in total. The number of ether oxygens (including phenoxy) is 3. The van der Waals surface area contributed by atoms with Crippen LogP contribution in [0, 0.1) is 5.92 Å². The van der Waals surface area contributed by atoms with E-state index in [-0.39, 0.29) is 30.5 Å². The average molecular weight is 453 g/mol. The van der Waals surface area contributed by atoms with Crippen molar-refractivity contribution >= 4 is 11.8 Å². The number of piperidine rings is 1. The summed E-state index contributed by atoms with van der Waals surface area (Å²) in [5.74, 6) is 1.68. The minimum atomic E-state index is -0.523. The molecular weight excluding hydrogens is 420 g/mol. The van der Waals surface area contributed by atoms with Crippen molar-refractivity contribution in [2.45, 2.75) is 50.5 Å². The summed E-state index contributed by atoms with van der Waals surface area (Å²) in [6.07, 6.45) is 6.16. The van der Waals surface area contributed by atoms with Crippen LogP contribution >= 0.6 is 0 Å². The van der Waals surface area contributed by atoms with E-state index in [1.807, 2.05) is 24.3 Å². The fraction of sp³-hybridized carbons (Fsp3) is 0.462. The molecule has 0 spiro atoms. The molecule has 0 aromatic heterocycles. The van der Waals surface area contributed by atoms with Crippen LogP contribution in [-0.2, 0) is 16.0 Å². The molecule has 2 amide bonds. The second-order valence-corrected chi connectivity index (χ2v) is 8.92. The van der Waals surface area contributed by atoms with Gasteiger partial charge in [0, 0.05) is 18.4 Å². The number of hydrogen-bond donors (Lipinski definition) is 2. The van der Waals surface area contributed by atoms with Crippen molar-refractivity contribution in [1.29, 1.82) is 0 Å². The second kappa shape index (κ2) is 10.6. The summed E-state index contributed by atoms with van der Waals surface area (Å²) in [6.45, 7) is 0.435. The van der Waals surface area contributed by atoms with E-state index in [0.29, 0.717) is 18.7 Å². The van der Waals surface area contributed by atoms with E-state index in [4.69, 9.17) is 19.9 Å². The SMILES string of the molecule is COc1ccc(C2CNC(=O)C(Cc3cccc(OCC(N)=O)c3)C2)cc1OC1CCCC1. The van der Waals surface area contributed by atoms with Crippen LogP contribution in [0.25, 0.3) is 0 Å². The first-order chi connectivity index (χ1) is 16.0. The summed E-state index contributed by atoms with van der Waals surface area (Å²) in [4.78, 5) is 23.6. The van der Waals surface area contributed by atoms with Crippen LogP contribution in [0.5, 0.6) is 17.2 Å². The van der Waals surface area contributed by atoms with E-state index < -0.39 is 5.91 Å². The normalized spacial score (nSPS) is 20.8. The van der Waals surface area contributed by atoms with Gasteiger partial charge >= 0.3 is 0 Å². The zero-order valence-corrected chi connectivity index (χ0v) is 19.0. The van der Waals surface area contributed by atoms with Crippen molar-refractivity contribution in [3.63, 3.8) is 0 Å². The third kappa shape index (κ3) is 5.97. The highest BCUT2D eigenvalue weighted by Gasteiger charge is 2.30. The third-order valence-electron chi connectivity index (χ3n) is 6.48. The minimum absolute atomic E-state index is 0.0608. The van der Waals surface area contributed by atoms with Gasteiger partial charge in [-0.3, -0.25) is 9.59 Å². The van der Waals surface area contributed by atoms with E-state index in [0.717, 1.165) is 41.9 Å². The van der Waals surface area contributed by atoms with Crippen LogP contribution in [0.2, 0.25) is 0 Å². The Hall–Kier alpha value is -3.22. The molecule has 0 bridgehead atoms. The fourth-order valence-electron chi connectivity index (χ4n) is 4.76. The molecule has 7 heteroatoms. The summed E-state index contributed by atoms with van der Waals surface area (Å²) in [5, 5.41) is 3.07. The third-order valence-corrected chi connectivity index (χ3v) is 6.48. The lowest BCUT2D eigenvalue weighted by atomic mass is 9.82. The van der Waals surface area contributed by atoms with Crippen molar-refractivity contribution in [3.8, 4) is 17.2 Å². The number of hydrogen-bond acceptors (Lipinski definition) is 5. The van der Waals surface area contributed by atoms with Gasteiger partial charge in [-0.15, -0.1) is 0 Å². The Morgan fingerprint density at radius 1 is 1.12 bits per heavy atom. The smallest absolute Gasteiger partial charge is 0.255 e. The zero-order chi connectivity index (χ0) is 23.2. The molecular formula is C26H32N2O5. The van der Waals surface area contributed by atoms with Crippen molar-refractivity contribution in [2.75, 3.05) is 20.3 Å². The number of rotatable bonds is 9. The molecule has 4 rings (SSSR count). The first-order valence-corrected chi connectivity index (χ1v) is 11.6. The number of nitrogens with one attached hydrogen (secondary N) is 1. The molecule has 2 aromatic rings. The van der Waals surface area contributed by atoms with Crippen LogP contribution in [-0.4, -0.2) is 38.2 Å². The van der Waals surface area contributed by atoms with Crippen molar-refractivity contribution in [1.82, 2.24) is 5.32 Å². The summed E-state index contributed by atoms with van der Waals surface area (Å²) in [6, 6.07) is 13.6. The lowest BCUT2D eigenvalue weighted by molar-refractivity contribution is -0.127. The van der Waals surface area contributed by atoms with Crippen LogP contribution in [0.3, 0.4) is 0 Å². The molecule has 1 aliphatic carbocycles. The lowest BCUT2D eigenvalue weighted by Crippen LogP contribution is -2.41. The molecule has 176 valence electrons. The molecule has 0 radical (unpaired) electrons. The Kier molecular flexibility index (Phi) is 7.37. The topological polar surface area (TPSA) is 99.9 Å². The van der Waals surface area contributed by atoms with E-state index in [1.54, 1.807) is 13.2 Å². The van der Waals surface area contributed by atoms with Gasteiger partial charge in [0.2, 0.25) is 5.91 Å². The van der Waals surface area contributed by atoms with E-state index in [2.05, 4.69) is 17.4 Å². The Morgan fingerprint density at radius 2 is 1.94 bits per heavy atom. The largest absolute Gasteiger partial charge is 0.493 e. The Balaban J connectivity index is 1.45. The van der Waals surface area contributed by atoms with Gasteiger partial charge in [-0.05, 0) is 73.9 Å². The first kappa shape index (κ1) is 23.0. The molecule has 2 aromatic carbocycles. The van der Waals surface area contributed by atoms with Gasteiger partial charge in [0.15, 0.2) is 18.1 Å². The number of benzene rings is 2. The molecule has 2 aliphatic rings. The maximum Gasteiger partial charge on any atom is 0.255 e. The van der Waals surface area contributed by atoms with Crippen LogP contribution < -0.4 is 25.3 Å². The number of methoxy groups -OCH3 is 1. The van der Waals surface area contributed by atoms with Crippen molar-refractivity contribution < 1.29 is 23.8 Å². The molecule has 7 nitrogen and oxygen atoms in total. The van der Waals surface area contributed by atoms with Crippen LogP contribution in [0.1, 0.15) is 49.1 Å². The molecule has 2 atom stereocenters. The van der Waals surface area contributed by atoms with Gasteiger partial charge in [0.05, 0.1) is 13.2 Å². The number of primary amides is 1. The van der Waals surface area contributed by atoms with Gasteiger partial charge in [-0.1, -0.05) is 18.2 Å². The van der Waals surface area contributed by atoms with Crippen molar-refractivity contribution in [2.24, 2.45) is 11.7 Å². The molecule has 2 fully saturated rings. The summed E-state index contributed by atoms with van der Waals surface area (Å²) in [5.41, 5.74) is 7.29. The highest BCUT2D eigenvalue weighted by Crippen LogP contribution is 2.37. The van der Waals surface area contributed by atoms with Gasteiger partial charge in [-0.25, -0.2) is 0 Å². The highest BCUT2D eigenvalue weighted by atomic mass is 16.5. The zero-order valence-electron chi connectivity index (χ0n) is 19.0. The van der Waals surface area contributed by atoms with E-state index in [9.17, 15) is 9.59 Å². The van der Waals surface area contributed by atoms with Gasteiger partial charge < -0.3 is 25.3 Å². The highest BCUT2D eigenvalue weighted by molar-refractivity contribution is 5.80. The Labute approximate surface area is 194 Å². The Morgan fingerprint density at radius 3 is 2.70 bits per heavy atom. The molecule has 1 heterocycles. The molecule has 1 saturated carbocycles. The predicted octanol–water partition coefficient (Wildman–Crippen LogP) is 3.34. The molecule has 1 saturated heterocycles. The van der Waals surface area contributed by atoms with Crippen molar-refractivity contribution in [3.05, 3.63) is 53.6 Å². The molecule has 1 aliphatic heterocycles. The molecule has 33 heavy (non-hydrogen) atoms. The average Bonchev–Trinajstić information content (AvgIpc) is 3.32. The maximum atomic E-state index is 12.6. The van der Waals surface area contributed by atoms with Crippen LogP contribution in [0.4, 0.5) is 0 Å². The second-order valence-electron chi connectivity index (χ2n) is 8.92. The summed E-state index contributed by atoms with van der Waals surface area (Å²) in [7, 11) is 1.66. The lowest BCUT2D eigenvalue weighted by Gasteiger charge is -2.30. The Bertz CT molecular complexity index is 986. The summed E-state index contributed by atoms with van der Waals surface area (Å²) >= 11 is 0. The number of amides is 2. The number of nitrogens with two attached hydrogens (primary N) is 1. The monoisotopic (exact) mass is 452 g/mol. The first-order valence-electron chi connectivity index (χ1n) is 11.6. The van der Waals surface area contributed by atoms with Gasteiger partial charge in [-0.2, -0.15) is 0 Å². The van der Waals surface area contributed by atoms with E-state index in [1.165, 1.54) is 12.8 Å². The quantitative estimate of drug-likeness (QED) is 0.608.